The van der Waals surface area contributed by atoms with Crippen LogP contribution in [0.2, 0.25) is 0 Å². The highest BCUT2D eigenvalue weighted by Gasteiger charge is 2.18. The number of amides is 1. The molecule has 6 heteroatoms. The van der Waals surface area contributed by atoms with E-state index in [-0.39, 0.29) is 18.5 Å². The van der Waals surface area contributed by atoms with Crippen molar-refractivity contribution in [2.75, 3.05) is 13.2 Å². The maximum Gasteiger partial charge on any atom is 0.305 e. The van der Waals surface area contributed by atoms with Crippen LogP contribution in [0.1, 0.15) is 348 Å². The molecule has 2 atom stereocenters. The Bertz CT molecular complexity index is 1090. The number of unbranched alkanes of at least 4 members (excludes halogenated alkanes) is 46. The van der Waals surface area contributed by atoms with Gasteiger partial charge in [0.1, 0.15) is 0 Å². The Morgan fingerprint density at radius 3 is 1.03 bits per heavy atom. The highest BCUT2D eigenvalue weighted by atomic mass is 16.5. The summed E-state index contributed by atoms with van der Waals surface area (Å²) in [6, 6.07) is -0.623. The van der Waals surface area contributed by atoms with Crippen LogP contribution in [0.3, 0.4) is 0 Å². The Balaban J connectivity index is 3.33. The standard InChI is InChI=1S/C64H123NO5/c1-3-5-7-9-11-13-15-33-38-42-46-50-54-58-64(69)70-59-55-51-47-43-39-35-32-30-28-26-24-22-20-18-16-17-19-21-23-25-27-29-31-34-37-41-45-49-53-57-63(68)65-61(60-66)62(67)56-52-48-44-40-36-14-12-10-8-6-4-2/h13,15,52,56,61-62,66-67H,3-12,14,16-51,53-55,57-60H2,1-2H3,(H,65,68)/b15-13-,56-52+. The molecule has 0 aliphatic heterocycles. The van der Waals surface area contributed by atoms with E-state index in [2.05, 4.69) is 31.3 Å². The largest absolute Gasteiger partial charge is 0.466 e. The van der Waals surface area contributed by atoms with Crippen LogP contribution in [0.25, 0.3) is 0 Å². The van der Waals surface area contributed by atoms with Crippen LogP contribution in [-0.4, -0.2) is 47.4 Å². The molecule has 0 radical (unpaired) electrons. The highest BCUT2D eigenvalue weighted by Crippen LogP contribution is 2.18. The Kier molecular flexibility index (Phi) is 58.5. The number of hydrogen-bond acceptors (Lipinski definition) is 5. The van der Waals surface area contributed by atoms with Gasteiger partial charge in [-0.15, -0.1) is 0 Å². The molecule has 6 nitrogen and oxygen atoms in total. The number of ether oxygens (including phenoxy) is 1. The summed E-state index contributed by atoms with van der Waals surface area (Å²) < 4.78 is 5.48. The molecule has 0 aromatic rings. The van der Waals surface area contributed by atoms with Crippen LogP contribution in [0.4, 0.5) is 0 Å². The summed E-state index contributed by atoms with van der Waals surface area (Å²) in [4.78, 5) is 24.5. The van der Waals surface area contributed by atoms with E-state index in [1.54, 1.807) is 6.08 Å². The zero-order valence-electron chi connectivity index (χ0n) is 47.3. The summed E-state index contributed by atoms with van der Waals surface area (Å²) >= 11 is 0. The fraction of sp³-hybridized carbons (Fsp3) is 0.906. The van der Waals surface area contributed by atoms with Gasteiger partial charge in [-0.25, -0.2) is 0 Å². The number of carbonyl (C=O) groups excluding carboxylic acids is 2. The van der Waals surface area contributed by atoms with Crippen molar-refractivity contribution < 1.29 is 24.5 Å². The lowest BCUT2D eigenvalue weighted by atomic mass is 10.0. The predicted molar refractivity (Wildman–Crippen MR) is 306 cm³/mol. The molecule has 2 unspecified atom stereocenters. The Hall–Kier alpha value is -1.66. The summed E-state index contributed by atoms with van der Waals surface area (Å²) in [6.07, 6.45) is 73.8. The van der Waals surface area contributed by atoms with Gasteiger partial charge in [0.15, 0.2) is 0 Å². The van der Waals surface area contributed by atoms with Crippen molar-refractivity contribution in [3.63, 3.8) is 0 Å². The summed E-state index contributed by atoms with van der Waals surface area (Å²) in [5.41, 5.74) is 0. The van der Waals surface area contributed by atoms with Gasteiger partial charge in [-0.3, -0.25) is 9.59 Å². The van der Waals surface area contributed by atoms with Crippen LogP contribution in [-0.2, 0) is 14.3 Å². The minimum Gasteiger partial charge on any atom is -0.466 e. The first-order valence-electron chi connectivity index (χ1n) is 31.6. The van der Waals surface area contributed by atoms with Gasteiger partial charge in [0, 0.05) is 12.8 Å². The van der Waals surface area contributed by atoms with Crippen molar-refractivity contribution in [2.24, 2.45) is 0 Å². The molecule has 0 aliphatic carbocycles. The SMILES string of the molecule is CCCCCC/C=C\CCCCCCCC(=O)OCCCCCCCCCCCCCCCCCCCCCCCCCCCCCCCC(=O)NC(CO)C(O)/C=C/CCCCCCCCCCC. The monoisotopic (exact) mass is 986 g/mol. The lowest BCUT2D eigenvalue weighted by molar-refractivity contribution is -0.143. The molecule has 0 bridgehead atoms. The van der Waals surface area contributed by atoms with Gasteiger partial charge in [-0.2, -0.15) is 0 Å². The number of allylic oxidation sites excluding steroid dienone is 3. The first-order chi connectivity index (χ1) is 34.5. The lowest BCUT2D eigenvalue weighted by Gasteiger charge is -2.20. The second-order valence-electron chi connectivity index (χ2n) is 21.7. The number of rotatable bonds is 59. The summed E-state index contributed by atoms with van der Waals surface area (Å²) in [6.45, 7) is 4.89. The lowest BCUT2D eigenvalue weighted by Crippen LogP contribution is -2.45. The van der Waals surface area contributed by atoms with Crippen molar-refractivity contribution >= 4 is 11.9 Å². The van der Waals surface area contributed by atoms with E-state index in [4.69, 9.17) is 4.74 Å². The van der Waals surface area contributed by atoms with Gasteiger partial charge in [0.05, 0.1) is 25.4 Å². The molecular formula is C64H123NO5. The van der Waals surface area contributed by atoms with Gasteiger partial charge in [0.2, 0.25) is 5.91 Å². The van der Waals surface area contributed by atoms with E-state index < -0.39 is 12.1 Å². The molecule has 0 saturated heterocycles. The zero-order chi connectivity index (χ0) is 50.7. The van der Waals surface area contributed by atoms with Gasteiger partial charge >= 0.3 is 5.97 Å². The van der Waals surface area contributed by atoms with Crippen molar-refractivity contribution in [3.8, 4) is 0 Å². The highest BCUT2D eigenvalue weighted by molar-refractivity contribution is 5.76. The average Bonchev–Trinajstić information content (AvgIpc) is 3.36. The smallest absolute Gasteiger partial charge is 0.305 e. The van der Waals surface area contributed by atoms with E-state index in [0.29, 0.717) is 19.4 Å². The minimum absolute atomic E-state index is 0.00997. The van der Waals surface area contributed by atoms with Crippen LogP contribution >= 0.6 is 0 Å². The van der Waals surface area contributed by atoms with Crippen molar-refractivity contribution in [3.05, 3.63) is 24.3 Å². The molecule has 0 heterocycles. The summed E-state index contributed by atoms with van der Waals surface area (Å²) in [7, 11) is 0. The third kappa shape index (κ3) is 55.7. The number of aliphatic hydroxyl groups is 2. The Labute approximate surface area is 437 Å². The first kappa shape index (κ1) is 68.3. The molecule has 0 aromatic heterocycles. The van der Waals surface area contributed by atoms with Crippen LogP contribution in [0, 0.1) is 0 Å². The maximum atomic E-state index is 12.4. The maximum absolute atomic E-state index is 12.4. The Morgan fingerprint density at radius 2 is 0.671 bits per heavy atom. The van der Waals surface area contributed by atoms with Crippen molar-refractivity contribution in [1.82, 2.24) is 5.32 Å². The predicted octanol–water partition coefficient (Wildman–Crippen LogP) is 19.8. The number of hydrogen-bond donors (Lipinski definition) is 3. The van der Waals surface area contributed by atoms with E-state index in [1.807, 2.05) is 6.08 Å². The molecule has 0 fully saturated rings. The number of esters is 1. The minimum atomic E-state index is -0.840. The summed E-state index contributed by atoms with van der Waals surface area (Å²) in [5, 5.41) is 23.0. The molecule has 3 N–H and O–H groups in total. The fourth-order valence-electron chi connectivity index (χ4n) is 9.87. The van der Waals surface area contributed by atoms with Crippen molar-refractivity contribution in [2.45, 2.75) is 360 Å². The van der Waals surface area contributed by atoms with Crippen LogP contribution < -0.4 is 5.32 Å². The normalized spacial score (nSPS) is 12.7. The third-order valence-electron chi connectivity index (χ3n) is 14.7. The quantitative estimate of drug-likeness (QED) is 0.0321. The number of nitrogens with one attached hydrogen (secondary N) is 1. The molecule has 70 heavy (non-hydrogen) atoms. The van der Waals surface area contributed by atoms with Gasteiger partial charge < -0.3 is 20.3 Å². The first-order valence-corrected chi connectivity index (χ1v) is 31.6. The second-order valence-corrected chi connectivity index (χ2v) is 21.7. The second kappa shape index (κ2) is 59.9. The average molecular weight is 987 g/mol. The van der Waals surface area contributed by atoms with E-state index in [1.165, 1.54) is 276 Å². The topological polar surface area (TPSA) is 95.9 Å². The van der Waals surface area contributed by atoms with Crippen LogP contribution in [0.5, 0.6) is 0 Å². The molecule has 0 aromatic carbocycles. The molecule has 0 rings (SSSR count). The molecule has 0 aliphatic rings. The third-order valence-corrected chi connectivity index (χ3v) is 14.7. The number of carbonyl (C=O) groups is 2. The Morgan fingerprint density at radius 1 is 0.386 bits per heavy atom. The van der Waals surface area contributed by atoms with Crippen molar-refractivity contribution in [1.29, 1.82) is 0 Å². The molecule has 1 amide bonds. The van der Waals surface area contributed by atoms with Crippen LogP contribution in [0.15, 0.2) is 24.3 Å². The van der Waals surface area contributed by atoms with Gasteiger partial charge in [0.25, 0.3) is 0 Å². The van der Waals surface area contributed by atoms with E-state index in [0.717, 1.165) is 44.9 Å². The zero-order valence-corrected chi connectivity index (χ0v) is 47.3. The van der Waals surface area contributed by atoms with E-state index >= 15 is 0 Å². The molecular weight excluding hydrogens is 863 g/mol. The fourth-order valence-corrected chi connectivity index (χ4v) is 9.87. The van der Waals surface area contributed by atoms with E-state index in [9.17, 15) is 19.8 Å². The van der Waals surface area contributed by atoms with Gasteiger partial charge in [-0.1, -0.05) is 301 Å². The molecule has 0 saturated carbocycles. The molecule has 414 valence electrons. The summed E-state index contributed by atoms with van der Waals surface area (Å²) in [5.74, 6) is -0.0546. The molecule has 0 spiro atoms. The van der Waals surface area contributed by atoms with Gasteiger partial charge in [-0.05, 0) is 57.8 Å². The number of aliphatic hydroxyl groups excluding tert-OH is 2.